The summed E-state index contributed by atoms with van der Waals surface area (Å²) in [6.45, 7) is 5.98. The molecule has 1 aliphatic carbocycles. The number of nitrogens with zero attached hydrogens (tertiary/aromatic N) is 1. The molecular formula is C19H25ClN2O3. The lowest BCUT2D eigenvalue weighted by atomic mass is 9.78. The molecule has 1 aliphatic heterocycles. The number of rotatable bonds is 3. The zero-order valence-corrected chi connectivity index (χ0v) is 15.6. The summed E-state index contributed by atoms with van der Waals surface area (Å²) in [5.41, 5.74) is 0.0418. The third kappa shape index (κ3) is 3.61. The van der Waals surface area contributed by atoms with Gasteiger partial charge in [-0.2, -0.15) is 0 Å². The van der Waals surface area contributed by atoms with Crippen LogP contribution in [-0.2, 0) is 4.79 Å². The lowest BCUT2D eigenvalue weighted by Gasteiger charge is -2.40. The average molecular weight is 365 g/mol. The third-order valence-corrected chi connectivity index (χ3v) is 5.64. The zero-order valence-electron chi connectivity index (χ0n) is 14.8. The molecule has 1 fully saturated rings. The maximum Gasteiger partial charge on any atom is 0.255 e. The molecule has 25 heavy (non-hydrogen) atoms. The Bertz CT molecular complexity index is 665. The summed E-state index contributed by atoms with van der Waals surface area (Å²) in [7, 11) is 0. The second-order valence-electron chi connectivity index (χ2n) is 6.89. The van der Waals surface area contributed by atoms with Gasteiger partial charge in [0.1, 0.15) is 11.4 Å². The van der Waals surface area contributed by atoms with Gasteiger partial charge in [0, 0.05) is 24.0 Å². The normalized spacial score (nSPS) is 25.6. The molecule has 1 saturated carbocycles. The Kier molecular flexibility index (Phi) is 5.23. The van der Waals surface area contributed by atoms with E-state index in [2.05, 4.69) is 5.32 Å². The molecule has 2 amide bonds. The van der Waals surface area contributed by atoms with Crippen LogP contribution in [0.15, 0.2) is 18.2 Å². The smallest absolute Gasteiger partial charge is 0.255 e. The molecule has 1 aromatic carbocycles. The minimum absolute atomic E-state index is 0.0535. The van der Waals surface area contributed by atoms with E-state index in [0.29, 0.717) is 22.9 Å². The fourth-order valence-electron chi connectivity index (χ4n) is 3.84. The molecule has 0 atom stereocenters. The Morgan fingerprint density at radius 2 is 2.00 bits per heavy atom. The minimum atomic E-state index is -0.436. The van der Waals surface area contributed by atoms with Crippen LogP contribution in [0.1, 0.15) is 49.9 Å². The number of nitrogens with one attached hydrogen (secondary N) is 1. The second-order valence-corrected chi connectivity index (χ2v) is 7.33. The molecule has 0 radical (unpaired) electrons. The van der Waals surface area contributed by atoms with Gasteiger partial charge >= 0.3 is 0 Å². The van der Waals surface area contributed by atoms with Crippen molar-refractivity contribution in [1.29, 1.82) is 0 Å². The topological polar surface area (TPSA) is 58.6 Å². The first-order valence-corrected chi connectivity index (χ1v) is 9.41. The monoisotopic (exact) mass is 364 g/mol. The van der Waals surface area contributed by atoms with Gasteiger partial charge in [-0.05, 0) is 57.7 Å². The van der Waals surface area contributed by atoms with Crippen molar-refractivity contribution < 1.29 is 14.3 Å². The lowest BCUT2D eigenvalue weighted by Crippen LogP contribution is -2.49. The predicted molar refractivity (Wildman–Crippen MR) is 97.0 cm³/mol. The van der Waals surface area contributed by atoms with Crippen LogP contribution in [0.3, 0.4) is 0 Å². The Labute approximate surface area is 153 Å². The van der Waals surface area contributed by atoms with Gasteiger partial charge in [-0.25, -0.2) is 0 Å². The van der Waals surface area contributed by atoms with E-state index in [1.165, 1.54) is 0 Å². The van der Waals surface area contributed by atoms with Gasteiger partial charge in [0.15, 0.2) is 0 Å². The van der Waals surface area contributed by atoms with Crippen molar-refractivity contribution in [1.82, 2.24) is 10.2 Å². The highest BCUT2D eigenvalue weighted by Crippen LogP contribution is 2.39. The molecule has 1 spiro atoms. The van der Waals surface area contributed by atoms with Gasteiger partial charge in [-0.1, -0.05) is 11.6 Å². The van der Waals surface area contributed by atoms with Crippen LogP contribution in [0.25, 0.3) is 0 Å². The first kappa shape index (κ1) is 18.1. The van der Waals surface area contributed by atoms with Crippen molar-refractivity contribution in [2.75, 3.05) is 19.6 Å². The molecular weight excluding hydrogens is 340 g/mol. The van der Waals surface area contributed by atoms with E-state index in [9.17, 15) is 9.59 Å². The van der Waals surface area contributed by atoms with E-state index in [1.807, 2.05) is 18.7 Å². The summed E-state index contributed by atoms with van der Waals surface area (Å²) in [4.78, 5) is 26.8. The number of hydrogen-bond acceptors (Lipinski definition) is 3. The Morgan fingerprint density at radius 1 is 1.32 bits per heavy atom. The number of benzene rings is 1. The van der Waals surface area contributed by atoms with Gasteiger partial charge in [0.2, 0.25) is 5.91 Å². The fourth-order valence-corrected chi connectivity index (χ4v) is 4.01. The fraction of sp³-hybridized carbons (Fsp3) is 0.579. The van der Waals surface area contributed by atoms with Crippen molar-refractivity contribution in [3.63, 3.8) is 0 Å². The van der Waals surface area contributed by atoms with Crippen LogP contribution >= 0.6 is 11.6 Å². The Morgan fingerprint density at radius 3 is 2.64 bits per heavy atom. The van der Waals surface area contributed by atoms with Gasteiger partial charge in [0.05, 0.1) is 12.1 Å². The van der Waals surface area contributed by atoms with Crippen LogP contribution < -0.4 is 10.1 Å². The van der Waals surface area contributed by atoms with E-state index in [4.69, 9.17) is 16.3 Å². The van der Waals surface area contributed by atoms with Crippen molar-refractivity contribution in [3.05, 3.63) is 28.8 Å². The molecule has 136 valence electrons. The number of fused-ring (bicyclic) bond motifs is 1. The summed E-state index contributed by atoms with van der Waals surface area (Å²) in [5.74, 6) is 0.714. The minimum Gasteiger partial charge on any atom is -0.485 e. The van der Waals surface area contributed by atoms with E-state index in [0.717, 1.165) is 38.8 Å². The predicted octanol–water partition coefficient (Wildman–Crippen LogP) is 3.26. The molecule has 0 saturated heterocycles. The average Bonchev–Trinajstić information content (AvgIpc) is 2.75. The first-order valence-electron chi connectivity index (χ1n) is 9.03. The van der Waals surface area contributed by atoms with Crippen molar-refractivity contribution in [2.24, 2.45) is 5.92 Å². The largest absolute Gasteiger partial charge is 0.485 e. The van der Waals surface area contributed by atoms with Crippen LogP contribution in [0.4, 0.5) is 0 Å². The number of amides is 2. The highest BCUT2D eigenvalue weighted by molar-refractivity contribution is 6.31. The zero-order chi connectivity index (χ0) is 18.0. The highest BCUT2D eigenvalue weighted by atomic mass is 35.5. The summed E-state index contributed by atoms with van der Waals surface area (Å²) in [5, 5.41) is 3.48. The summed E-state index contributed by atoms with van der Waals surface area (Å²) >= 11 is 6.01. The highest BCUT2D eigenvalue weighted by Gasteiger charge is 2.42. The molecule has 6 heteroatoms. The second kappa shape index (κ2) is 7.24. The third-order valence-electron chi connectivity index (χ3n) is 5.40. The maximum atomic E-state index is 12.6. The van der Waals surface area contributed by atoms with E-state index < -0.39 is 5.60 Å². The molecule has 3 rings (SSSR count). The summed E-state index contributed by atoms with van der Waals surface area (Å²) < 4.78 is 6.29. The number of carbonyl (C=O) groups is 2. The molecule has 1 N–H and O–H groups in total. The lowest BCUT2D eigenvalue weighted by molar-refractivity contribution is -0.137. The van der Waals surface area contributed by atoms with Crippen molar-refractivity contribution in [2.45, 2.75) is 45.1 Å². The SMILES string of the molecule is CCN(CC)C(=O)C1CCC2(CC1)CNC(=O)c1cc(Cl)ccc1O2. The van der Waals surface area contributed by atoms with Crippen molar-refractivity contribution >= 4 is 23.4 Å². The molecule has 0 bridgehead atoms. The summed E-state index contributed by atoms with van der Waals surface area (Å²) in [6, 6.07) is 5.14. The van der Waals surface area contributed by atoms with Gasteiger partial charge < -0.3 is 15.0 Å². The maximum absolute atomic E-state index is 12.6. The number of hydrogen-bond donors (Lipinski definition) is 1. The molecule has 2 aliphatic rings. The van der Waals surface area contributed by atoms with Crippen LogP contribution in [0.5, 0.6) is 5.75 Å². The molecule has 0 unspecified atom stereocenters. The number of halogens is 1. The van der Waals surface area contributed by atoms with Crippen LogP contribution in [0.2, 0.25) is 5.02 Å². The number of carbonyl (C=O) groups excluding carboxylic acids is 2. The molecule has 0 aromatic heterocycles. The summed E-state index contributed by atoms with van der Waals surface area (Å²) in [6.07, 6.45) is 3.09. The van der Waals surface area contributed by atoms with Gasteiger partial charge in [-0.15, -0.1) is 0 Å². The first-order chi connectivity index (χ1) is 12.0. The van der Waals surface area contributed by atoms with Gasteiger partial charge in [-0.3, -0.25) is 9.59 Å². The van der Waals surface area contributed by atoms with E-state index in [-0.39, 0.29) is 17.7 Å². The van der Waals surface area contributed by atoms with Crippen molar-refractivity contribution in [3.8, 4) is 5.75 Å². The Balaban J connectivity index is 1.74. The molecule has 5 nitrogen and oxygen atoms in total. The van der Waals surface area contributed by atoms with Crippen LogP contribution in [0, 0.1) is 5.92 Å². The number of ether oxygens (including phenoxy) is 1. The standard InChI is InChI=1S/C19H25ClN2O3/c1-3-22(4-2)18(24)13-7-9-19(10-8-13)12-21-17(23)15-11-14(20)5-6-16(15)25-19/h5-6,11,13H,3-4,7-10,12H2,1-2H3,(H,21,23). The Hall–Kier alpha value is -1.75. The van der Waals surface area contributed by atoms with E-state index in [1.54, 1.807) is 18.2 Å². The molecule has 1 aromatic rings. The molecule has 1 heterocycles. The van der Waals surface area contributed by atoms with E-state index >= 15 is 0 Å². The van der Waals surface area contributed by atoms with Crippen LogP contribution in [-0.4, -0.2) is 41.9 Å². The van der Waals surface area contributed by atoms with Gasteiger partial charge in [0.25, 0.3) is 5.91 Å². The quantitative estimate of drug-likeness (QED) is 0.895.